The van der Waals surface area contributed by atoms with Gasteiger partial charge in [0, 0.05) is 44.0 Å². The number of carbonyl (C=O) groups excluding carboxylic acids is 1. The van der Waals surface area contributed by atoms with E-state index in [9.17, 15) is 4.79 Å². The maximum atomic E-state index is 12.9. The van der Waals surface area contributed by atoms with Crippen molar-refractivity contribution in [1.82, 2.24) is 24.2 Å². The minimum absolute atomic E-state index is 0.0645. The molecule has 0 radical (unpaired) electrons. The Balaban J connectivity index is 1.60. The van der Waals surface area contributed by atoms with Gasteiger partial charge in [-0.05, 0) is 32.0 Å². The van der Waals surface area contributed by atoms with Crippen LogP contribution in [0.5, 0.6) is 0 Å². The molecule has 1 aliphatic rings. The fraction of sp³-hybridized carbons (Fsp3) is 0.389. The summed E-state index contributed by atoms with van der Waals surface area (Å²) in [6.45, 7) is 3.07. The molecule has 6 nitrogen and oxygen atoms in total. The van der Waals surface area contributed by atoms with Crippen LogP contribution < -0.4 is 0 Å². The number of hydrogen-bond acceptors (Lipinski definition) is 5. The fourth-order valence-electron chi connectivity index (χ4n) is 3.30. The van der Waals surface area contributed by atoms with Crippen molar-refractivity contribution in [2.75, 3.05) is 20.1 Å². The molecule has 0 unspecified atom stereocenters. The van der Waals surface area contributed by atoms with Gasteiger partial charge < -0.3 is 4.90 Å². The molecular formula is C18H21N5OS. The number of carbonyl (C=O) groups is 1. The van der Waals surface area contributed by atoms with Gasteiger partial charge in [-0.2, -0.15) is 0 Å². The standard InChI is InChI=1S/C18H21N5OS/c1-21(12-14-6-2-3-7-19-14)13-15-16(17(24)22-8-4-5-9-22)20-18-23(15)10-11-25-18/h2-3,6-7,10-11H,4-5,8-9,12-13H2,1H3. The summed E-state index contributed by atoms with van der Waals surface area (Å²) >= 11 is 1.56. The predicted octanol–water partition coefficient (Wildman–Crippen LogP) is 2.66. The lowest BCUT2D eigenvalue weighted by atomic mass is 10.2. The Bertz CT molecular complexity index is 866. The third kappa shape index (κ3) is 3.29. The topological polar surface area (TPSA) is 53.7 Å². The van der Waals surface area contributed by atoms with Crippen LogP contribution in [0.1, 0.15) is 34.7 Å². The van der Waals surface area contributed by atoms with Crippen molar-refractivity contribution in [2.24, 2.45) is 0 Å². The van der Waals surface area contributed by atoms with Crippen LogP contribution in [0.2, 0.25) is 0 Å². The van der Waals surface area contributed by atoms with Crippen molar-refractivity contribution in [3.63, 3.8) is 0 Å². The third-order valence-electron chi connectivity index (χ3n) is 4.53. The molecule has 0 bridgehead atoms. The van der Waals surface area contributed by atoms with E-state index in [2.05, 4.69) is 14.9 Å². The number of imidazole rings is 1. The number of nitrogens with zero attached hydrogens (tertiary/aromatic N) is 5. The third-order valence-corrected chi connectivity index (χ3v) is 5.29. The van der Waals surface area contributed by atoms with Crippen molar-refractivity contribution >= 4 is 22.2 Å². The number of hydrogen-bond donors (Lipinski definition) is 0. The zero-order chi connectivity index (χ0) is 17.2. The Morgan fingerprint density at radius 1 is 1.28 bits per heavy atom. The van der Waals surface area contributed by atoms with E-state index in [0.29, 0.717) is 12.2 Å². The summed E-state index contributed by atoms with van der Waals surface area (Å²) < 4.78 is 2.04. The highest BCUT2D eigenvalue weighted by atomic mass is 32.1. The highest BCUT2D eigenvalue weighted by Gasteiger charge is 2.26. The zero-order valence-electron chi connectivity index (χ0n) is 14.3. The first-order chi connectivity index (χ1) is 12.2. The van der Waals surface area contributed by atoms with E-state index in [1.807, 2.05) is 46.1 Å². The smallest absolute Gasteiger partial charge is 0.274 e. The number of aromatic nitrogens is 3. The lowest BCUT2D eigenvalue weighted by Gasteiger charge is -2.18. The van der Waals surface area contributed by atoms with Gasteiger partial charge >= 0.3 is 0 Å². The summed E-state index contributed by atoms with van der Waals surface area (Å²) in [5, 5.41) is 2.01. The van der Waals surface area contributed by atoms with E-state index in [4.69, 9.17) is 0 Å². The number of thiazole rings is 1. The molecule has 4 heterocycles. The largest absolute Gasteiger partial charge is 0.337 e. The van der Waals surface area contributed by atoms with Crippen molar-refractivity contribution < 1.29 is 4.79 Å². The van der Waals surface area contributed by atoms with Crippen LogP contribution in [-0.2, 0) is 13.1 Å². The number of pyridine rings is 1. The van der Waals surface area contributed by atoms with Crippen LogP contribution >= 0.6 is 11.3 Å². The van der Waals surface area contributed by atoms with E-state index >= 15 is 0 Å². The molecule has 1 fully saturated rings. The van der Waals surface area contributed by atoms with Gasteiger partial charge in [-0.1, -0.05) is 6.07 Å². The van der Waals surface area contributed by atoms with Crippen molar-refractivity contribution in [2.45, 2.75) is 25.9 Å². The summed E-state index contributed by atoms with van der Waals surface area (Å²) in [5.74, 6) is 0.0645. The normalized spacial score (nSPS) is 14.7. The van der Waals surface area contributed by atoms with Gasteiger partial charge in [-0.3, -0.25) is 19.1 Å². The minimum atomic E-state index is 0.0645. The molecule has 1 saturated heterocycles. The Morgan fingerprint density at radius 3 is 2.88 bits per heavy atom. The van der Waals surface area contributed by atoms with E-state index in [0.717, 1.165) is 48.8 Å². The molecule has 3 aromatic heterocycles. The Morgan fingerprint density at radius 2 is 2.12 bits per heavy atom. The average Bonchev–Trinajstić information content (AvgIpc) is 3.34. The van der Waals surface area contributed by atoms with Crippen LogP contribution in [0.25, 0.3) is 4.96 Å². The Hall–Kier alpha value is -2.25. The molecule has 0 aliphatic carbocycles. The maximum Gasteiger partial charge on any atom is 0.274 e. The van der Waals surface area contributed by atoms with Crippen LogP contribution in [-0.4, -0.2) is 50.2 Å². The van der Waals surface area contributed by atoms with Crippen LogP contribution in [0.3, 0.4) is 0 Å². The zero-order valence-corrected chi connectivity index (χ0v) is 15.1. The van der Waals surface area contributed by atoms with Gasteiger partial charge in [0.15, 0.2) is 10.7 Å². The van der Waals surface area contributed by atoms with Crippen molar-refractivity contribution in [3.05, 3.63) is 53.1 Å². The Kier molecular flexibility index (Phi) is 4.50. The van der Waals surface area contributed by atoms with E-state index < -0.39 is 0 Å². The van der Waals surface area contributed by atoms with Gasteiger partial charge in [0.2, 0.25) is 0 Å². The predicted molar refractivity (Wildman–Crippen MR) is 97.6 cm³/mol. The first-order valence-electron chi connectivity index (χ1n) is 8.54. The van der Waals surface area contributed by atoms with Crippen LogP contribution in [0, 0.1) is 0 Å². The van der Waals surface area contributed by atoms with Crippen molar-refractivity contribution in [1.29, 1.82) is 0 Å². The van der Waals surface area contributed by atoms with Crippen molar-refractivity contribution in [3.8, 4) is 0 Å². The monoisotopic (exact) mass is 355 g/mol. The second-order valence-electron chi connectivity index (χ2n) is 6.46. The van der Waals surface area contributed by atoms with E-state index in [-0.39, 0.29) is 5.91 Å². The second-order valence-corrected chi connectivity index (χ2v) is 7.33. The molecule has 0 atom stereocenters. The molecule has 4 rings (SSSR count). The lowest BCUT2D eigenvalue weighted by Crippen LogP contribution is -2.30. The van der Waals surface area contributed by atoms with Gasteiger partial charge in [-0.25, -0.2) is 4.98 Å². The van der Waals surface area contributed by atoms with Gasteiger partial charge in [-0.15, -0.1) is 11.3 Å². The maximum absolute atomic E-state index is 12.9. The van der Waals surface area contributed by atoms with E-state index in [1.165, 1.54) is 0 Å². The molecule has 0 spiro atoms. The van der Waals surface area contributed by atoms with E-state index in [1.54, 1.807) is 17.5 Å². The molecule has 130 valence electrons. The fourth-order valence-corrected chi connectivity index (χ4v) is 4.04. The van der Waals surface area contributed by atoms with Crippen LogP contribution in [0.4, 0.5) is 0 Å². The Labute approximate surface area is 150 Å². The lowest BCUT2D eigenvalue weighted by molar-refractivity contribution is 0.0785. The molecule has 7 heteroatoms. The minimum Gasteiger partial charge on any atom is -0.337 e. The molecule has 0 aromatic carbocycles. The number of amides is 1. The quantitative estimate of drug-likeness (QED) is 0.706. The summed E-state index contributed by atoms with van der Waals surface area (Å²) in [4.78, 5) is 26.9. The molecular weight excluding hydrogens is 334 g/mol. The van der Waals surface area contributed by atoms with Crippen LogP contribution in [0.15, 0.2) is 36.0 Å². The molecule has 25 heavy (non-hydrogen) atoms. The number of rotatable bonds is 5. The van der Waals surface area contributed by atoms with Gasteiger partial charge in [0.05, 0.1) is 11.4 Å². The van der Waals surface area contributed by atoms with Gasteiger partial charge in [0.1, 0.15) is 0 Å². The molecule has 0 N–H and O–H groups in total. The molecule has 3 aromatic rings. The van der Waals surface area contributed by atoms with Gasteiger partial charge in [0.25, 0.3) is 5.91 Å². The highest BCUT2D eigenvalue weighted by Crippen LogP contribution is 2.22. The number of likely N-dealkylation sites (tertiary alicyclic amines) is 1. The molecule has 1 amide bonds. The first-order valence-corrected chi connectivity index (χ1v) is 9.42. The molecule has 0 saturated carbocycles. The summed E-state index contributed by atoms with van der Waals surface area (Å²) in [6.07, 6.45) is 5.98. The second kappa shape index (κ2) is 6.93. The average molecular weight is 355 g/mol. The highest BCUT2D eigenvalue weighted by molar-refractivity contribution is 7.15. The molecule has 1 aliphatic heterocycles. The first kappa shape index (κ1) is 16.2. The SMILES string of the molecule is CN(Cc1ccccn1)Cc1c(C(=O)N2CCCC2)nc2sccn12. The summed E-state index contributed by atoms with van der Waals surface area (Å²) in [5.41, 5.74) is 2.58. The number of fused-ring (bicyclic) bond motifs is 1. The summed E-state index contributed by atoms with van der Waals surface area (Å²) in [7, 11) is 2.05. The summed E-state index contributed by atoms with van der Waals surface area (Å²) in [6, 6.07) is 5.93.